The molecule has 11 amide bonds. The number of nitrogens with one attached hydrogen (secondary N) is 10. The number of anilines is 2. The van der Waals surface area contributed by atoms with Crippen LogP contribution in [0.15, 0.2) is 60.7 Å². The number of amides is 11. The molecule has 116 heavy (non-hydrogen) atoms. The van der Waals surface area contributed by atoms with Gasteiger partial charge in [0.05, 0.1) is 53.7 Å². The van der Waals surface area contributed by atoms with Gasteiger partial charge in [0.25, 0.3) is 20.2 Å². The summed E-state index contributed by atoms with van der Waals surface area (Å²) in [6, 6.07) is 14.3. The quantitative estimate of drug-likeness (QED) is 0.0156. The minimum atomic E-state index is -4.37. The second-order valence-corrected chi connectivity index (χ2v) is 36.0. The summed E-state index contributed by atoms with van der Waals surface area (Å²) in [7, 11) is -7.13. The lowest BCUT2D eigenvalue weighted by Gasteiger charge is -2.56. The average Bonchev–Trinajstić information content (AvgIpc) is 0.812. The van der Waals surface area contributed by atoms with Crippen molar-refractivity contribution >= 4 is 91.0 Å². The number of ether oxygens (including phenoxy) is 2. The van der Waals surface area contributed by atoms with E-state index < -0.39 is 152 Å². The largest absolute Gasteiger partial charge is 0.508 e. The molecule has 3 aromatic carbocycles. The maximum absolute atomic E-state index is 14.8. The van der Waals surface area contributed by atoms with E-state index in [1.807, 2.05) is 44.2 Å². The van der Waals surface area contributed by atoms with Crippen LogP contribution in [0.1, 0.15) is 196 Å². The van der Waals surface area contributed by atoms with E-state index in [4.69, 9.17) is 24.3 Å². The van der Waals surface area contributed by atoms with Crippen LogP contribution in [0, 0.1) is 28.6 Å². The Morgan fingerprint density at radius 2 is 1.20 bits per heavy atom. The molecule has 0 saturated heterocycles. The fourth-order valence-electron chi connectivity index (χ4n) is 18.0. The maximum Gasteiger partial charge on any atom is 0.411 e. The Morgan fingerprint density at radius 3 is 1.79 bits per heavy atom. The van der Waals surface area contributed by atoms with Gasteiger partial charge in [-0.25, -0.2) is 14.3 Å². The van der Waals surface area contributed by atoms with Crippen LogP contribution in [0.2, 0.25) is 0 Å². The number of aromatic hydroxyl groups is 1. The van der Waals surface area contributed by atoms with E-state index in [2.05, 4.69) is 77.3 Å². The number of rotatable bonds is 38. The van der Waals surface area contributed by atoms with Crippen molar-refractivity contribution in [3.8, 4) is 5.75 Å². The summed E-state index contributed by atoms with van der Waals surface area (Å²) >= 11 is 0. The SMILES string of the molecule is CN[C@H](CCCCNC(=O)COC1CCCCCc2c1nnn2CCN(CC(=O)NCCS(=O)(=O)O)CC(=O)NCCS(=O)(=O)O)C(=O)N[C@H](C(=O)N[C@@H](CCCNC(N)=O)C(=O)Nc1ccc(COC(=O)Nc2ccc3c(c2)[C@@]2(C)CCC[C@](C)(C(=O)NC(=O)[C@@]4(C)CCC[C@]5(C)c6cc(O)ccc6CC[C@@H]45)[C@@H]2CC3)cc1)C(C)C. The molecule has 1 heterocycles. The van der Waals surface area contributed by atoms with E-state index >= 15 is 0 Å². The van der Waals surface area contributed by atoms with E-state index in [0.29, 0.717) is 67.6 Å². The van der Waals surface area contributed by atoms with Gasteiger partial charge in [0.2, 0.25) is 47.3 Å². The molecule has 0 bridgehead atoms. The van der Waals surface area contributed by atoms with Crippen LogP contribution in [0.3, 0.4) is 0 Å². The molecule has 15 N–H and O–H groups in total. The molecule has 5 aliphatic carbocycles. The van der Waals surface area contributed by atoms with Crippen molar-refractivity contribution in [3.63, 3.8) is 0 Å². The van der Waals surface area contributed by atoms with Crippen LogP contribution >= 0.6 is 0 Å². The highest BCUT2D eigenvalue weighted by Crippen LogP contribution is 2.60. The summed E-state index contributed by atoms with van der Waals surface area (Å²) in [5, 5.41) is 46.8. The number of primary amides is 1. The molecule has 1 unspecified atom stereocenters. The lowest BCUT2D eigenvalue weighted by atomic mass is 9.49. The Kier molecular flexibility index (Phi) is 31.5. The fraction of sp³-hybridized carbons (Fsp3) is 0.625. The standard InChI is InChI=1S/C80H117N15O19S2/c1-50(2)68(90-70(100)59(82-7)16-11-12-36-83-67(99)49-113-62-19-10-8-9-18-61-69(62)92-93-95(61)41-40-94(46-65(97)84-38-42-115(107,108)109)47-66(98)85-39-43-116(110,111)112)72(102)89-60(17-13-37-86-75(81)105)71(101)87-54-26-20-51(21-27-54)48-114-76(106)88-55-28-22-52-24-30-63-77(3,57(52)44-55)32-14-34-79(63,5)73(103)91-74(104)80(6)35-15-33-78(4)58-45-56(96)29-23-53(58)25-31-64(78)80/h20-23,26-29,44-45,50,59-60,62-64,68,82,96H,8-19,24-25,30-43,46-49H2,1-7H3,(H,83,99)(H,84,97)(H,85,98)(H,87,101)(H,88,106)(H,89,102)(H,90,100)(H3,81,86,105)(H,91,103,104)(H,107,108,109)(H,110,111,112)/t59-,60+,62?,63-,64-,68+,77-,78-,79+,80+/m1/s1. The Balaban J connectivity index is 0.719. The summed E-state index contributed by atoms with van der Waals surface area (Å²) in [6.07, 6.45) is 11.5. The molecule has 34 nitrogen and oxygen atoms in total. The number of imide groups is 1. The van der Waals surface area contributed by atoms with Gasteiger partial charge in [-0.05, 0) is 203 Å². The highest BCUT2D eigenvalue weighted by atomic mass is 32.2. The van der Waals surface area contributed by atoms with Gasteiger partial charge in [0.1, 0.15) is 42.8 Å². The van der Waals surface area contributed by atoms with E-state index in [-0.39, 0.29) is 87.0 Å². The highest BCUT2D eigenvalue weighted by molar-refractivity contribution is 7.86. The zero-order valence-electron chi connectivity index (χ0n) is 67.5. The topological polar surface area (TPSA) is 498 Å². The number of fused-ring (bicyclic) bond motifs is 7. The highest BCUT2D eigenvalue weighted by Gasteiger charge is 2.59. The number of nitrogens with zero attached hydrogens (tertiary/aromatic N) is 4. The number of phenols is 1. The van der Waals surface area contributed by atoms with Crippen molar-refractivity contribution in [2.24, 2.45) is 34.3 Å². The van der Waals surface area contributed by atoms with Crippen molar-refractivity contribution in [2.75, 3.05) is 81.6 Å². The molecule has 0 radical (unpaired) electrons. The number of urea groups is 1. The van der Waals surface area contributed by atoms with Crippen LogP contribution in [-0.4, -0.2) is 199 Å². The zero-order valence-corrected chi connectivity index (χ0v) is 69.1. The van der Waals surface area contributed by atoms with Gasteiger partial charge in [0.15, 0.2) is 0 Å². The summed E-state index contributed by atoms with van der Waals surface area (Å²) in [4.78, 5) is 137. The first-order valence-electron chi connectivity index (χ1n) is 40.3. The fourth-order valence-corrected chi connectivity index (χ4v) is 18.8. The predicted octanol–water partition coefficient (Wildman–Crippen LogP) is 5.17. The molecule has 638 valence electrons. The van der Waals surface area contributed by atoms with Crippen LogP contribution in [0.4, 0.5) is 21.0 Å². The Hall–Kier alpha value is -9.20. The normalized spacial score (nSPS) is 22.5. The van der Waals surface area contributed by atoms with Crippen molar-refractivity contribution in [1.82, 2.24) is 62.4 Å². The van der Waals surface area contributed by atoms with Gasteiger partial charge in [-0.15, -0.1) is 5.10 Å². The molecular weight excluding hydrogens is 1540 g/mol. The smallest absolute Gasteiger partial charge is 0.411 e. The van der Waals surface area contributed by atoms with Gasteiger partial charge < -0.3 is 62.8 Å². The number of aryl methyl sites for hydroxylation is 2. The minimum Gasteiger partial charge on any atom is -0.508 e. The van der Waals surface area contributed by atoms with E-state index in [9.17, 15) is 69.9 Å². The zero-order chi connectivity index (χ0) is 84.3. The third-order valence-electron chi connectivity index (χ3n) is 24.3. The first-order chi connectivity index (χ1) is 54.9. The van der Waals surface area contributed by atoms with Crippen LogP contribution in [0.25, 0.3) is 0 Å². The maximum atomic E-state index is 14.8. The number of unbranched alkanes of at least 4 members (excludes halogenated alkanes) is 1. The number of hydrogen-bond acceptors (Lipinski definition) is 21. The van der Waals surface area contributed by atoms with Gasteiger partial charge in [0, 0.05) is 44.1 Å². The Bertz CT molecular complexity index is 4380. The summed E-state index contributed by atoms with van der Waals surface area (Å²) in [5.74, 6) is -5.68. The molecular formula is C80H117N15O19S2. The molecule has 2 fully saturated rings. The Morgan fingerprint density at radius 1 is 0.621 bits per heavy atom. The minimum absolute atomic E-state index is 0.00962. The van der Waals surface area contributed by atoms with Crippen LogP contribution in [-0.2, 0) is 111 Å². The first kappa shape index (κ1) is 90.7. The molecule has 36 heteroatoms. The third-order valence-corrected chi connectivity index (χ3v) is 25.7. The molecule has 0 aliphatic heterocycles. The molecule has 2 saturated carbocycles. The number of aromatic nitrogens is 3. The molecule has 5 aliphatic rings. The second-order valence-electron chi connectivity index (χ2n) is 32.9. The molecule has 0 spiro atoms. The summed E-state index contributed by atoms with van der Waals surface area (Å²) in [5.41, 5.74) is 10.2. The first-order valence-corrected chi connectivity index (χ1v) is 43.6. The molecule has 10 atom stereocenters. The number of carbonyl (C=O) groups excluding carboxylic acids is 10. The Labute approximate surface area is 678 Å². The van der Waals surface area contributed by atoms with E-state index in [1.54, 1.807) is 55.9 Å². The lowest BCUT2D eigenvalue weighted by Crippen LogP contribution is -2.60. The number of likely N-dealkylation sites (N-methyl/N-ethyl adjacent to an activating group) is 1. The number of carbonyl (C=O) groups is 10. The lowest BCUT2D eigenvalue weighted by molar-refractivity contribution is -0.150. The van der Waals surface area contributed by atoms with E-state index in [0.717, 1.165) is 93.0 Å². The molecule has 9 rings (SSSR count). The number of hydrogen-bond donors (Lipinski definition) is 14. The summed E-state index contributed by atoms with van der Waals surface area (Å²) in [6.45, 7) is 10.4. The number of nitrogens with two attached hydrogens (primary N) is 1. The molecule has 4 aromatic rings. The van der Waals surface area contributed by atoms with Crippen LogP contribution < -0.4 is 58.9 Å². The van der Waals surface area contributed by atoms with Gasteiger partial charge >= 0.3 is 12.1 Å². The van der Waals surface area contributed by atoms with Crippen molar-refractivity contribution in [1.29, 1.82) is 0 Å². The number of benzene rings is 3. The monoisotopic (exact) mass is 1660 g/mol. The van der Waals surface area contributed by atoms with E-state index in [1.165, 1.54) is 10.5 Å². The second kappa shape index (κ2) is 40.3. The third kappa shape index (κ3) is 24.2. The predicted molar refractivity (Wildman–Crippen MR) is 430 cm³/mol. The van der Waals surface area contributed by atoms with Crippen LogP contribution in [0.5, 0.6) is 5.75 Å². The molecule has 1 aromatic heterocycles. The number of phenolic OH excluding ortho intramolecular Hbond substituents is 1. The van der Waals surface area contributed by atoms with Gasteiger partial charge in [-0.1, -0.05) is 96.7 Å². The van der Waals surface area contributed by atoms with Crippen molar-refractivity contribution in [2.45, 2.75) is 218 Å². The van der Waals surface area contributed by atoms with Crippen molar-refractivity contribution < 1.29 is 88.5 Å². The van der Waals surface area contributed by atoms with Gasteiger partial charge in [-0.3, -0.25) is 63.0 Å². The average molecular weight is 1660 g/mol. The van der Waals surface area contributed by atoms with Crippen molar-refractivity contribution in [3.05, 3.63) is 99.9 Å². The summed E-state index contributed by atoms with van der Waals surface area (Å²) < 4.78 is 76.4. The van der Waals surface area contributed by atoms with Gasteiger partial charge in [-0.2, -0.15) is 16.8 Å².